The summed E-state index contributed by atoms with van der Waals surface area (Å²) in [5, 5.41) is 2.11. The number of carbonyl (C=O) groups is 4. The van der Waals surface area contributed by atoms with Gasteiger partial charge in [-0.25, -0.2) is 0 Å². The summed E-state index contributed by atoms with van der Waals surface area (Å²) in [7, 11) is -4.06. The van der Waals surface area contributed by atoms with Crippen LogP contribution >= 0.6 is 0 Å². The van der Waals surface area contributed by atoms with Crippen LogP contribution in [0.25, 0.3) is 0 Å². The second kappa shape index (κ2) is 9.29. The number of rotatable bonds is 7. The number of amides is 4. The first-order valence-corrected chi connectivity index (χ1v) is 13.0. The van der Waals surface area contributed by atoms with Crippen molar-refractivity contribution >= 4 is 44.9 Å². The predicted molar refractivity (Wildman–Crippen MR) is 119 cm³/mol. The van der Waals surface area contributed by atoms with Crippen molar-refractivity contribution in [3.63, 3.8) is 0 Å². The lowest BCUT2D eigenvalue weighted by Gasteiger charge is -2.27. The molecule has 0 aliphatic carbocycles. The molecule has 1 N–H and O–H groups in total. The summed E-state index contributed by atoms with van der Waals surface area (Å²) in [6, 6.07) is 9.16. The third-order valence-corrected chi connectivity index (χ3v) is 8.19. The summed E-state index contributed by atoms with van der Waals surface area (Å²) >= 11 is -1.87. The quantitative estimate of drug-likeness (QED) is 0.332. The van der Waals surface area contributed by atoms with Crippen LogP contribution in [-0.4, -0.2) is 59.9 Å². The summed E-state index contributed by atoms with van der Waals surface area (Å²) in [6.45, 7) is 1.40. The Morgan fingerprint density at radius 2 is 1.79 bits per heavy atom. The Hall–Kier alpha value is -3.06. The molecule has 0 bridgehead atoms. The fraction of sp³-hybridized carbons (Fsp3) is 0.273. The lowest BCUT2D eigenvalue weighted by molar-refractivity contribution is -0.136. The van der Waals surface area contributed by atoms with Gasteiger partial charge in [0.05, 0.1) is 10.5 Å². The fourth-order valence-electron chi connectivity index (χ4n) is 3.78. The maximum Gasteiger partial charge on any atom is 0.297 e. The van der Waals surface area contributed by atoms with Gasteiger partial charge in [-0.3, -0.25) is 33.6 Å². The zero-order chi connectivity index (χ0) is 24.6. The molecule has 2 heterocycles. The molecule has 12 heteroatoms. The van der Waals surface area contributed by atoms with Crippen molar-refractivity contribution in [2.45, 2.75) is 35.6 Å². The highest BCUT2D eigenvalue weighted by Crippen LogP contribution is 2.32. The molecule has 4 amide bonds. The normalized spacial score (nSPS) is 19.2. The number of hydrogen-bond acceptors (Lipinski definition) is 8. The van der Waals surface area contributed by atoms with Gasteiger partial charge in [0.2, 0.25) is 11.8 Å². The first-order chi connectivity index (χ1) is 16.1. The highest BCUT2D eigenvalue weighted by Gasteiger charge is 2.47. The van der Waals surface area contributed by atoms with Gasteiger partial charge < -0.3 is 4.55 Å². The number of fused-ring (bicyclic) bond motifs is 1. The Kier molecular flexibility index (Phi) is 6.58. The van der Waals surface area contributed by atoms with E-state index in [0.29, 0.717) is 0 Å². The standard InChI is InChI=1S/C22H20N2O8S2/c1-13-5-7-14(8-6-13)34(30,31)32-11-12-33(29)17-4-2-3-15-19(17)22(28)24(21(15)27)16-9-10-18(25)23-20(16)26/h2-8,16H,9-12H2,1H3,(H,23,25,26). The molecular formula is C22H20N2O8S2. The molecule has 1 saturated heterocycles. The van der Waals surface area contributed by atoms with Gasteiger partial charge in [-0.1, -0.05) is 23.8 Å². The molecule has 0 aromatic heterocycles. The number of nitrogens with one attached hydrogen (secondary N) is 1. The van der Waals surface area contributed by atoms with Gasteiger partial charge in [-0.15, -0.1) is 0 Å². The number of nitrogens with zero attached hydrogens (tertiary/aromatic N) is 1. The summed E-state index contributed by atoms with van der Waals surface area (Å²) in [5.74, 6) is -2.98. The van der Waals surface area contributed by atoms with Gasteiger partial charge in [0.15, 0.2) is 4.90 Å². The number of aryl methyl sites for hydroxylation is 1. The maximum absolute atomic E-state index is 13.1. The number of piperidine rings is 1. The highest BCUT2D eigenvalue weighted by atomic mass is 32.2. The van der Waals surface area contributed by atoms with Gasteiger partial charge in [0, 0.05) is 6.42 Å². The molecule has 0 saturated carbocycles. The topological polar surface area (TPSA) is 150 Å². The van der Waals surface area contributed by atoms with E-state index in [9.17, 15) is 32.1 Å². The molecule has 0 spiro atoms. The molecule has 34 heavy (non-hydrogen) atoms. The molecule has 2 aromatic rings. The summed E-state index contributed by atoms with van der Waals surface area (Å²) < 4.78 is 42.6. The molecule has 2 unspecified atom stereocenters. The van der Waals surface area contributed by atoms with Crippen molar-refractivity contribution < 1.29 is 36.3 Å². The smallest absolute Gasteiger partial charge is 0.297 e. The average molecular weight is 505 g/mol. The van der Waals surface area contributed by atoms with Gasteiger partial charge in [-0.05, 0) is 48.8 Å². The molecule has 178 valence electrons. The minimum absolute atomic E-state index is 0.000726. The summed E-state index contributed by atoms with van der Waals surface area (Å²) in [4.78, 5) is 50.4. The monoisotopic (exact) mass is 504 g/mol. The van der Waals surface area contributed by atoms with E-state index in [4.69, 9.17) is 4.18 Å². The van der Waals surface area contributed by atoms with Gasteiger partial charge in [0.25, 0.3) is 21.9 Å². The van der Waals surface area contributed by atoms with E-state index in [2.05, 4.69) is 5.32 Å². The molecule has 2 aliphatic rings. The minimum Gasteiger partial charge on any atom is -0.611 e. The van der Waals surface area contributed by atoms with Crippen LogP contribution in [0.4, 0.5) is 0 Å². The third kappa shape index (κ3) is 4.49. The number of hydrogen-bond donors (Lipinski definition) is 1. The third-order valence-electron chi connectivity index (χ3n) is 5.49. The Labute approximate surface area is 198 Å². The zero-order valence-electron chi connectivity index (χ0n) is 18.0. The first kappa shape index (κ1) is 24.1. The Bertz CT molecular complexity index is 1290. The van der Waals surface area contributed by atoms with Crippen LogP contribution in [0.5, 0.6) is 0 Å². The van der Waals surface area contributed by atoms with Crippen molar-refractivity contribution in [3.8, 4) is 0 Å². The van der Waals surface area contributed by atoms with E-state index < -0.39 is 57.6 Å². The van der Waals surface area contributed by atoms with E-state index >= 15 is 0 Å². The second-order valence-electron chi connectivity index (χ2n) is 7.76. The summed E-state index contributed by atoms with van der Waals surface area (Å²) in [6.07, 6.45) is -0.0192. The second-order valence-corrected chi connectivity index (χ2v) is 10.9. The largest absolute Gasteiger partial charge is 0.611 e. The number of benzene rings is 2. The van der Waals surface area contributed by atoms with Gasteiger partial charge >= 0.3 is 0 Å². The summed E-state index contributed by atoms with van der Waals surface area (Å²) in [5.41, 5.74) is 0.772. The Morgan fingerprint density at radius 3 is 2.47 bits per heavy atom. The fourth-order valence-corrected chi connectivity index (χ4v) is 5.90. The van der Waals surface area contributed by atoms with Crippen molar-refractivity contribution in [2.75, 3.05) is 12.4 Å². The van der Waals surface area contributed by atoms with Crippen molar-refractivity contribution in [3.05, 3.63) is 59.2 Å². The van der Waals surface area contributed by atoms with Crippen LogP contribution in [0.15, 0.2) is 52.3 Å². The van der Waals surface area contributed by atoms with E-state index in [0.717, 1.165) is 10.5 Å². The molecule has 1 fully saturated rings. The Morgan fingerprint density at radius 1 is 1.09 bits per heavy atom. The van der Waals surface area contributed by atoms with Crippen LogP contribution in [0, 0.1) is 6.92 Å². The number of imide groups is 2. The lowest BCUT2D eigenvalue weighted by atomic mass is 10.0. The molecule has 4 rings (SSSR count). The van der Waals surface area contributed by atoms with Gasteiger partial charge in [0.1, 0.15) is 24.0 Å². The number of carbonyl (C=O) groups excluding carboxylic acids is 4. The first-order valence-electron chi connectivity index (χ1n) is 10.3. The molecule has 0 radical (unpaired) electrons. The molecular weight excluding hydrogens is 484 g/mol. The predicted octanol–water partition coefficient (Wildman–Crippen LogP) is 0.909. The highest BCUT2D eigenvalue weighted by molar-refractivity contribution is 7.91. The van der Waals surface area contributed by atoms with Crippen LogP contribution in [0.3, 0.4) is 0 Å². The van der Waals surface area contributed by atoms with Gasteiger partial charge in [-0.2, -0.15) is 8.42 Å². The molecule has 10 nitrogen and oxygen atoms in total. The Balaban J connectivity index is 1.49. The van der Waals surface area contributed by atoms with E-state index in [1.807, 2.05) is 6.92 Å². The van der Waals surface area contributed by atoms with E-state index in [-0.39, 0.29) is 39.5 Å². The molecule has 2 aromatic carbocycles. The molecule has 2 aliphatic heterocycles. The SMILES string of the molecule is Cc1ccc(S(=O)(=O)OCC[S+]([O-])c2cccc3c2C(=O)N(C2CCC(=O)NC2=O)C3=O)cc1. The van der Waals surface area contributed by atoms with Crippen LogP contribution in [-0.2, 0) is 35.1 Å². The minimum atomic E-state index is -4.06. The molecule has 2 atom stereocenters. The lowest BCUT2D eigenvalue weighted by Crippen LogP contribution is -2.54. The van der Waals surface area contributed by atoms with E-state index in [1.54, 1.807) is 12.1 Å². The van der Waals surface area contributed by atoms with Crippen LogP contribution in [0.2, 0.25) is 0 Å². The van der Waals surface area contributed by atoms with E-state index in [1.165, 1.54) is 30.3 Å². The van der Waals surface area contributed by atoms with Crippen LogP contribution < -0.4 is 5.32 Å². The van der Waals surface area contributed by atoms with Crippen molar-refractivity contribution in [1.29, 1.82) is 0 Å². The zero-order valence-corrected chi connectivity index (χ0v) is 19.6. The van der Waals surface area contributed by atoms with Crippen LogP contribution in [0.1, 0.15) is 39.1 Å². The van der Waals surface area contributed by atoms with Crippen molar-refractivity contribution in [2.24, 2.45) is 0 Å². The maximum atomic E-state index is 13.1. The average Bonchev–Trinajstić information content (AvgIpc) is 3.04. The van der Waals surface area contributed by atoms with Crippen molar-refractivity contribution in [1.82, 2.24) is 10.2 Å².